The summed E-state index contributed by atoms with van der Waals surface area (Å²) >= 11 is 0. The summed E-state index contributed by atoms with van der Waals surface area (Å²) in [5.41, 5.74) is 12.6. The van der Waals surface area contributed by atoms with E-state index >= 15 is 0 Å². The summed E-state index contributed by atoms with van der Waals surface area (Å²) in [4.78, 5) is 23.4. The van der Waals surface area contributed by atoms with E-state index in [2.05, 4.69) is 68.2 Å². The molecular weight excluding hydrogens is 422 g/mol. The Balaban J connectivity index is 1.68. The molecule has 0 bridgehead atoms. The lowest BCUT2D eigenvalue weighted by Gasteiger charge is -2.46. The molecule has 0 aliphatic carbocycles. The third-order valence-electron chi connectivity index (χ3n) is 6.87. The van der Waals surface area contributed by atoms with E-state index in [0.717, 1.165) is 11.1 Å². The van der Waals surface area contributed by atoms with Gasteiger partial charge in [-0.15, -0.1) is 0 Å². The minimum absolute atomic E-state index is 0.0332. The van der Waals surface area contributed by atoms with Crippen molar-refractivity contribution in [2.24, 2.45) is 21.5 Å². The highest BCUT2D eigenvalue weighted by Crippen LogP contribution is 2.43. The van der Waals surface area contributed by atoms with E-state index in [4.69, 9.17) is 11.5 Å². The molecule has 1 aromatic carbocycles. The molecule has 1 fully saturated rings. The summed E-state index contributed by atoms with van der Waals surface area (Å²) < 4.78 is 0. The Hall–Kier alpha value is -2.85. The first kappa shape index (κ1) is 23.3. The molecule has 180 valence electrons. The monoisotopic (exact) mass is 457 g/mol. The van der Waals surface area contributed by atoms with Crippen molar-refractivity contribution >= 4 is 17.8 Å². The number of hydrogen-bond donors (Lipinski definition) is 6. The number of carbonyl (C=O) groups is 1. The van der Waals surface area contributed by atoms with E-state index in [9.17, 15) is 15.0 Å². The third-order valence-corrected chi connectivity index (χ3v) is 6.87. The summed E-state index contributed by atoms with van der Waals surface area (Å²) in [6.07, 6.45) is 0. The van der Waals surface area contributed by atoms with Crippen LogP contribution in [-0.2, 0) is 10.8 Å². The molecule has 2 unspecified atom stereocenters. The number of nitrogens with one attached hydrogen (secondary N) is 2. The average Bonchev–Trinajstić information content (AvgIpc) is 3.15. The van der Waals surface area contributed by atoms with Crippen LogP contribution in [-0.4, -0.2) is 69.6 Å². The molecule has 3 heterocycles. The zero-order valence-corrected chi connectivity index (χ0v) is 20.1. The number of carbonyl (C=O) groups excluding carboxylic acids is 1. The molecule has 8 N–H and O–H groups in total. The molecule has 3 aliphatic heterocycles. The Bertz CT molecular complexity index is 1020. The molecule has 0 aromatic heterocycles. The number of hydrogen-bond acceptors (Lipinski definition) is 9. The Morgan fingerprint density at radius 3 is 2.24 bits per heavy atom. The molecule has 33 heavy (non-hydrogen) atoms. The largest absolute Gasteiger partial charge is 0.370 e. The maximum atomic E-state index is 13.4. The van der Waals surface area contributed by atoms with Gasteiger partial charge in [0.2, 0.25) is 5.79 Å². The van der Waals surface area contributed by atoms with Crippen LogP contribution in [0.15, 0.2) is 28.2 Å². The summed E-state index contributed by atoms with van der Waals surface area (Å²) in [5, 5.41) is 28.3. The zero-order chi connectivity index (χ0) is 24.6. The van der Waals surface area contributed by atoms with Crippen LogP contribution < -0.4 is 22.1 Å². The molecule has 3 atom stereocenters. The lowest BCUT2D eigenvalue weighted by Crippen LogP contribution is -2.76. The molecule has 1 saturated heterocycles. The van der Waals surface area contributed by atoms with E-state index in [-0.39, 0.29) is 35.8 Å². The number of benzene rings is 1. The first-order valence-corrected chi connectivity index (χ1v) is 11.2. The van der Waals surface area contributed by atoms with Crippen molar-refractivity contribution in [3.05, 3.63) is 34.9 Å². The van der Waals surface area contributed by atoms with Gasteiger partial charge in [0.15, 0.2) is 17.6 Å². The number of nitrogens with zero attached hydrogens (tertiary/aromatic N) is 3. The van der Waals surface area contributed by atoms with Crippen molar-refractivity contribution in [3.8, 4) is 0 Å². The van der Waals surface area contributed by atoms with Crippen molar-refractivity contribution < 1.29 is 15.0 Å². The Morgan fingerprint density at radius 1 is 1.12 bits per heavy atom. The van der Waals surface area contributed by atoms with Crippen molar-refractivity contribution in [2.75, 3.05) is 13.1 Å². The number of nitrogens with two attached hydrogens (primary N) is 2. The standard InChI is InChI=1S/C23H35N7O3/c1-20(2,3)13-7-12(8-14(9-13)21(4,5)6)17(31)27-16-11-30-19(25)26-10-15-22(30,23(16,32)33)29-18(24)28-15/h7-9,15-16,32-33H,10-11H2,1-6H3,(H2,25,26)(H,27,31)(H3,24,28,29)/t15?,16-,22?/m0/s1. The minimum atomic E-state index is -2.41. The highest BCUT2D eigenvalue weighted by molar-refractivity contribution is 5.95. The fraction of sp³-hybridized carbons (Fsp3) is 0.609. The van der Waals surface area contributed by atoms with Gasteiger partial charge in [-0.2, -0.15) is 0 Å². The van der Waals surface area contributed by atoms with Crippen molar-refractivity contribution in [1.29, 1.82) is 0 Å². The van der Waals surface area contributed by atoms with Crippen LogP contribution in [0, 0.1) is 0 Å². The van der Waals surface area contributed by atoms with Crippen LogP contribution in [0.3, 0.4) is 0 Å². The second kappa shape index (κ2) is 7.07. The molecule has 1 aromatic rings. The van der Waals surface area contributed by atoms with E-state index in [0.29, 0.717) is 5.56 Å². The number of aliphatic hydroxyl groups is 2. The first-order chi connectivity index (χ1) is 15.1. The van der Waals surface area contributed by atoms with Gasteiger partial charge >= 0.3 is 0 Å². The minimum Gasteiger partial charge on any atom is -0.370 e. The van der Waals surface area contributed by atoms with Gasteiger partial charge in [-0.1, -0.05) is 47.6 Å². The molecule has 0 radical (unpaired) electrons. The van der Waals surface area contributed by atoms with Gasteiger partial charge in [0, 0.05) is 12.1 Å². The predicted octanol–water partition coefficient (Wildman–Crippen LogP) is -0.312. The Kier molecular flexibility index (Phi) is 5.00. The van der Waals surface area contributed by atoms with E-state index in [1.54, 1.807) is 0 Å². The summed E-state index contributed by atoms with van der Waals surface area (Å²) in [7, 11) is 0. The molecular formula is C23H35N7O3. The lowest BCUT2D eigenvalue weighted by atomic mass is 9.79. The molecule has 10 heteroatoms. The topological polar surface area (TPSA) is 162 Å². The third kappa shape index (κ3) is 3.52. The lowest BCUT2D eigenvalue weighted by molar-refractivity contribution is -0.228. The molecule has 1 amide bonds. The van der Waals surface area contributed by atoms with Gasteiger partial charge in [-0.05, 0) is 34.1 Å². The van der Waals surface area contributed by atoms with Crippen LogP contribution in [0.5, 0.6) is 0 Å². The van der Waals surface area contributed by atoms with Gasteiger partial charge in [0.25, 0.3) is 5.91 Å². The first-order valence-electron chi connectivity index (χ1n) is 11.2. The number of guanidine groups is 2. The fourth-order valence-corrected chi connectivity index (χ4v) is 4.80. The smallest absolute Gasteiger partial charge is 0.251 e. The zero-order valence-electron chi connectivity index (χ0n) is 20.1. The second-order valence-corrected chi connectivity index (χ2v) is 11.3. The maximum Gasteiger partial charge on any atom is 0.251 e. The van der Waals surface area contributed by atoms with Crippen molar-refractivity contribution in [3.63, 3.8) is 0 Å². The van der Waals surface area contributed by atoms with Crippen LogP contribution in [0.4, 0.5) is 0 Å². The summed E-state index contributed by atoms with van der Waals surface area (Å²) in [6, 6.07) is 4.12. The van der Waals surface area contributed by atoms with E-state index in [1.807, 2.05) is 12.1 Å². The van der Waals surface area contributed by atoms with E-state index < -0.39 is 29.4 Å². The van der Waals surface area contributed by atoms with Crippen LogP contribution >= 0.6 is 0 Å². The SMILES string of the molecule is CC(C)(C)c1cc(C(=O)N[C@H]2CN3C(N)=NCC4N=C(N)NC43C2(O)O)cc(C(C)(C)C)c1. The van der Waals surface area contributed by atoms with Crippen LogP contribution in [0.1, 0.15) is 63.0 Å². The number of rotatable bonds is 2. The Labute approximate surface area is 194 Å². The van der Waals surface area contributed by atoms with Crippen LogP contribution in [0.25, 0.3) is 0 Å². The highest BCUT2D eigenvalue weighted by atomic mass is 16.5. The van der Waals surface area contributed by atoms with Gasteiger partial charge in [0.1, 0.15) is 12.1 Å². The average molecular weight is 458 g/mol. The summed E-state index contributed by atoms with van der Waals surface area (Å²) in [5.74, 6) is -2.61. The van der Waals surface area contributed by atoms with Gasteiger partial charge in [-0.25, -0.2) is 4.99 Å². The molecule has 0 saturated carbocycles. The van der Waals surface area contributed by atoms with Crippen LogP contribution in [0.2, 0.25) is 0 Å². The second-order valence-electron chi connectivity index (χ2n) is 11.3. The Morgan fingerprint density at radius 2 is 1.70 bits per heavy atom. The predicted molar refractivity (Wildman–Crippen MR) is 127 cm³/mol. The quantitative estimate of drug-likeness (QED) is 0.332. The van der Waals surface area contributed by atoms with Gasteiger partial charge < -0.3 is 37.2 Å². The molecule has 10 nitrogen and oxygen atoms in total. The molecule has 4 rings (SSSR count). The molecule has 3 aliphatic rings. The summed E-state index contributed by atoms with van der Waals surface area (Å²) in [6.45, 7) is 12.7. The number of aliphatic imine (C=N–C) groups is 2. The normalized spacial score (nSPS) is 28.4. The van der Waals surface area contributed by atoms with Crippen molar-refractivity contribution in [1.82, 2.24) is 15.5 Å². The fourth-order valence-electron chi connectivity index (χ4n) is 4.80. The van der Waals surface area contributed by atoms with E-state index in [1.165, 1.54) is 4.90 Å². The van der Waals surface area contributed by atoms with Crippen molar-refractivity contribution in [2.45, 2.75) is 75.9 Å². The van der Waals surface area contributed by atoms with Gasteiger partial charge in [-0.3, -0.25) is 9.79 Å². The van der Waals surface area contributed by atoms with Gasteiger partial charge in [0.05, 0.1) is 6.54 Å². The molecule has 1 spiro atoms. The highest BCUT2D eigenvalue weighted by Gasteiger charge is 2.71. The number of amides is 1. The maximum absolute atomic E-state index is 13.4.